The summed E-state index contributed by atoms with van der Waals surface area (Å²) in [5.41, 5.74) is 0.358. The first-order valence-corrected chi connectivity index (χ1v) is 6.80. The van der Waals surface area contributed by atoms with E-state index in [0.29, 0.717) is 4.47 Å². The molecule has 0 aromatic heterocycles. The molecule has 1 heterocycles. The lowest BCUT2D eigenvalue weighted by molar-refractivity contribution is 0.0925. The van der Waals surface area contributed by atoms with Gasteiger partial charge in [0.25, 0.3) is 11.8 Å². The van der Waals surface area contributed by atoms with Crippen LogP contribution in [0.5, 0.6) is 0 Å². The molecule has 0 saturated carbocycles. The third-order valence-electron chi connectivity index (χ3n) is 3.01. The third kappa shape index (κ3) is 1.85. The van der Waals surface area contributed by atoms with E-state index in [9.17, 15) is 14.0 Å². The van der Waals surface area contributed by atoms with Crippen LogP contribution in [0.2, 0.25) is 5.02 Å². The zero-order valence-electron chi connectivity index (χ0n) is 9.86. The molecule has 0 saturated heterocycles. The summed E-state index contributed by atoms with van der Waals surface area (Å²) in [7, 11) is 0. The van der Waals surface area contributed by atoms with Gasteiger partial charge in [0.1, 0.15) is 0 Å². The fraction of sp³-hybridized carbons (Fsp3) is 0. The van der Waals surface area contributed by atoms with E-state index < -0.39 is 17.6 Å². The van der Waals surface area contributed by atoms with Crippen molar-refractivity contribution in [1.29, 1.82) is 0 Å². The summed E-state index contributed by atoms with van der Waals surface area (Å²) < 4.78 is 14.6. The summed E-state index contributed by atoms with van der Waals surface area (Å²) >= 11 is 8.92. The van der Waals surface area contributed by atoms with Crippen molar-refractivity contribution in [1.82, 2.24) is 0 Å². The number of imide groups is 1. The molecule has 0 bridgehead atoms. The number of hydrogen-bond acceptors (Lipinski definition) is 2. The number of carbonyl (C=O) groups is 2. The van der Waals surface area contributed by atoms with Crippen LogP contribution in [0, 0.1) is 5.82 Å². The van der Waals surface area contributed by atoms with Gasteiger partial charge in [-0.3, -0.25) is 9.59 Å². The van der Waals surface area contributed by atoms with Crippen LogP contribution in [0.3, 0.4) is 0 Å². The quantitative estimate of drug-likeness (QED) is 0.572. The average Bonchev–Trinajstić information content (AvgIpc) is 2.67. The van der Waals surface area contributed by atoms with Gasteiger partial charge in [-0.05, 0) is 24.3 Å². The van der Waals surface area contributed by atoms with Crippen molar-refractivity contribution in [3.8, 4) is 0 Å². The minimum Gasteiger partial charge on any atom is -0.268 e. The van der Waals surface area contributed by atoms with Crippen molar-refractivity contribution in [3.63, 3.8) is 0 Å². The fourth-order valence-corrected chi connectivity index (χ4v) is 2.91. The normalized spacial score (nSPS) is 13.8. The van der Waals surface area contributed by atoms with Gasteiger partial charge in [0.2, 0.25) is 0 Å². The van der Waals surface area contributed by atoms with Gasteiger partial charge in [0.15, 0.2) is 5.82 Å². The second-order valence-corrected chi connectivity index (χ2v) is 5.53. The molecular weight excluding hydrogens is 349 g/mol. The number of benzene rings is 2. The molecule has 0 spiro atoms. The van der Waals surface area contributed by atoms with Crippen molar-refractivity contribution in [2.75, 3.05) is 4.90 Å². The van der Waals surface area contributed by atoms with E-state index in [1.165, 1.54) is 24.3 Å². The Balaban J connectivity index is 2.19. The zero-order valence-corrected chi connectivity index (χ0v) is 12.2. The van der Waals surface area contributed by atoms with Gasteiger partial charge in [0, 0.05) is 4.47 Å². The molecule has 0 unspecified atom stereocenters. The second-order valence-electron chi connectivity index (χ2n) is 4.21. The lowest BCUT2D eigenvalue weighted by Gasteiger charge is -2.15. The summed E-state index contributed by atoms with van der Waals surface area (Å²) in [6.45, 7) is 0. The van der Waals surface area contributed by atoms with E-state index in [1.54, 1.807) is 12.1 Å². The molecule has 3 rings (SSSR count). The minimum absolute atomic E-state index is 0.157. The summed E-state index contributed by atoms with van der Waals surface area (Å²) in [5.74, 6) is -1.92. The molecule has 20 heavy (non-hydrogen) atoms. The van der Waals surface area contributed by atoms with Crippen molar-refractivity contribution < 1.29 is 14.0 Å². The summed E-state index contributed by atoms with van der Waals surface area (Å²) in [6, 6.07) is 9.08. The first kappa shape index (κ1) is 13.3. The molecule has 2 aromatic carbocycles. The van der Waals surface area contributed by atoms with E-state index in [-0.39, 0.29) is 21.8 Å². The first-order valence-electron chi connectivity index (χ1n) is 5.63. The van der Waals surface area contributed by atoms with Crippen LogP contribution in [0.15, 0.2) is 40.9 Å². The Morgan fingerprint density at radius 3 is 2.15 bits per heavy atom. The highest BCUT2D eigenvalue weighted by atomic mass is 79.9. The van der Waals surface area contributed by atoms with Crippen LogP contribution >= 0.6 is 27.5 Å². The number of carbonyl (C=O) groups excluding carboxylic acids is 2. The smallest absolute Gasteiger partial charge is 0.266 e. The molecule has 6 heteroatoms. The summed E-state index contributed by atoms with van der Waals surface area (Å²) in [4.78, 5) is 25.3. The zero-order chi connectivity index (χ0) is 14.4. The van der Waals surface area contributed by atoms with Gasteiger partial charge < -0.3 is 0 Å². The van der Waals surface area contributed by atoms with Crippen molar-refractivity contribution >= 4 is 45.0 Å². The monoisotopic (exact) mass is 353 g/mol. The molecule has 0 N–H and O–H groups in total. The molecule has 100 valence electrons. The molecular formula is C14H6BrClFNO2. The standard InChI is InChI=1S/C14H6BrClFNO2/c15-7-5-10(16)12(17)11(6-7)18-13(19)8-3-1-2-4-9(8)14(18)20/h1-6H. The minimum atomic E-state index is -0.802. The van der Waals surface area contributed by atoms with E-state index >= 15 is 0 Å². The number of fused-ring (bicyclic) bond motifs is 1. The number of amides is 2. The first-order chi connectivity index (χ1) is 9.50. The lowest BCUT2D eigenvalue weighted by atomic mass is 10.1. The van der Waals surface area contributed by atoms with Crippen LogP contribution in [0.25, 0.3) is 0 Å². The molecule has 0 radical (unpaired) electrons. The van der Waals surface area contributed by atoms with Crippen molar-refractivity contribution in [2.45, 2.75) is 0 Å². The Morgan fingerprint density at radius 1 is 1.05 bits per heavy atom. The van der Waals surface area contributed by atoms with Crippen LogP contribution in [-0.4, -0.2) is 11.8 Å². The Labute approximate surface area is 127 Å². The highest BCUT2D eigenvalue weighted by Crippen LogP contribution is 2.35. The molecule has 1 aliphatic heterocycles. The third-order valence-corrected chi connectivity index (χ3v) is 3.74. The highest BCUT2D eigenvalue weighted by molar-refractivity contribution is 9.10. The van der Waals surface area contributed by atoms with E-state index in [0.717, 1.165) is 4.90 Å². The van der Waals surface area contributed by atoms with E-state index in [2.05, 4.69) is 15.9 Å². The number of anilines is 1. The summed E-state index contributed by atoms with van der Waals surface area (Å²) in [6.07, 6.45) is 0. The van der Waals surface area contributed by atoms with Crippen molar-refractivity contribution in [3.05, 3.63) is 62.8 Å². The van der Waals surface area contributed by atoms with Crippen LogP contribution < -0.4 is 4.90 Å². The molecule has 0 fully saturated rings. The molecule has 2 aromatic rings. The number of rotatable bonds is 1. The van der Waals surface area contributed by atoms with Crippen LogP contribution in [-0.2, 0) is 0 Å². The van der Waals surface area contributed by atoms with E-state index in [4.69, 9.17) is 11.6 Å². The van der Waals surface area contributed by atoms with Gasteiger partial charge in [-0.15, -0.1) is 0 Å². The van der Waals surface area contributed by atoms with Crippen molar-refractivity contribution in [2.24, 2.45) is 0 Å². The molecule has 3 nitrogen and oxygen atoms in total. The molecule has 1 aliphatic rings. The maximum Gasteiger partial charge on any atom is 0.266 e. The highest BCUT2D eigenvalue weighted by Gasteiger charge is 2.38. The topological polar surface area (TPSA) is 37.4 Å². The number of nitrogens with zero attached hydrogens (tertiary/aromatic N) is 1. The maximum atomic E-state index is 14.1. The van der Waals surface area contributed by atoms with Gasteiger partial charge in [-0.25, -0.2) is 9.29 Å². The Morgan fingerprint density at radius 2 is 1.60 bits per heavy atom. The predicted octanol–water partition coefficient (Wildman–Crippen LogP) is 4.04. The Hall–Kier alpha value is -1.72. The number of hydrogen-bond donors (Lipinski definition) is 0. The average molecular weight is 355 g/mol. The number of halogens is 3. The summed E-state index contributed by atoms with van der Waals surface area (Å²) in [5, 5.41) is -0.161. The second kappa shape index (κ2) is 4.68. The Kier molecular flexibility index (Phi) is 3.11. The van der Waals surface area contributed by atoms with Crippen LogP contribution in [0.4, 0.5) is 10.1 Å². The van der Waals surface area contributed by atoms with Gasteiger partial charge in [0.05, 0.1) is 21.8 Å². The fourth-order valence-electron chi connectivity index (χ4n) is 2.11. The predicted molar refractivity (Wildman–Crippen MR) is 76.7 cm³/mol. The maximum absolute atomic E-state index is 14.1. The SMILES string of the molecule is O=C1c2ccccc2C(=O)N1c1cc(Br)cc(Cl)c1F. The van der Waals surface area contributed by atoms with Gasteiger partial charge in [-0.1, -0.05) is 39.7 Å². The van der Waals surface area contributed by atoms with Crippen LogP contribution in [0.1, 0.15) is 20.7 Å². The van der Waals surface area contributed by atoms with Gasteiger partial charge >= 0.3 is 0 Å². The molecule has 2 amide bonds. The molecule has 0 atom stereocenters. The largest absolute Gasteiger partial charge is 0.268 e. The van der Waals surface area contributed by atoms with E-state index in [1.807, 2.05) is 0 Å². The van der Waals surface area contributed by atoms with Gasteiger partial charge in [-0.2, -0.15) is 0 Å². The lowest BCUT2D eigenvalue weighted by Crippen LogP contribution is -2.30. The Bertz CT molecular complexity index is 728. The molecule has 0 aliphatic carbocycles.